The fourth-order valence-corrected chi connectivity index (χ4v) is 2.05. The van der Waals surface area contributed by atoms with Gasteiger partial charge < -0.3 is 9.53 Å². The smallest absolute Gasteiger partial charge is 0.125 e. The van der Waals surface area contributed by atoms with Gasteiger partial charge in [0.05, 0.1) is 12.7 Å². The van der Waals surface area contributed by atoms with Crippen LogP contribution in [0, 0.1) is 5.92 Å². The minimum Gasteiger partial charge on any atom is -0.377 e. The number of carbonyl (C=O) groups is 1. The van der Waals surface area contributed by atoms with Crippen LogP contribution in [0.1, 0.15) is 78.6 Å². The molecule has 0 rings (SSSR count). The molecule has 2 heteroatoms. The predicted molar refractivity (Wildman–Crippen MR) is 77.9 cm³/mol. The highest BCUT2D eigenvalue weighted by Gasteiger charge is 2.10. The molecule has 0 aromatic rings. The molecule has 0 radical (unpaired) electrons. The highest BCUT2D eigenvalue weighted by Crippen LogP contribution is 2.15. The number of aldehydes is 1. The number of carbonyl (C=O) groups excluding carboxylic acids is 1. The molecule has 2 atom stereocenters. The van der Waals surface area contributed by atoms with E-state index < -0.39 is 0 Å². The Morgan fingerprint density at radius 2 is 1.56 bits per heavy atom. The molecule has 2 nitrogen and oxygen atoms in total. The lowest BCUT2D eigenvalue weighted by Gasteiger charge is -2.18. The first-order valence-electron chi connectivity index (χ1n) is 7.81. The predicted octanol–water partition coefficient (Wildman–Crippen LogP) is 4.76. The summed E-state index contributed by atoms with van der Waals surface area (Å²) in [6, 6.07) is 0. The highest BCUT2D eigenvalue weighted by molar-refractivity contribution is 5.52. The number of hydrogen-bond acceptors (Lipinski definition) is 2. The van der Waals surface area contributed by atoms with E-state index in [1.807, 2.05) is 6.92 Å². The lowest BCUT2D eigenvalue weighted by atomic mass is 10.0. The van der Waals surface area contributed by atoms with Crippen LogP contribution >= 0.6 is 0 Å². The Bertz CT molecular complexity index is 180. The number of hydrogen-bond donors (Lipinski definition) is 0. The number of rotatable bonds is 13. The summed E-state index contributed by atoms with van der Waals surface area (Å²) in [6.07, 6.45) is 12.7. The maximum absolute atomic E-state index is 10.6. The molecule has 0 aromatic carbocycles. The SMILES string of the molecule is CCCCCCCC(CCCC)OCC(C)C=O. The average Bonchev–Trinajstić information content (AvgIpc) is 2.40. The lowest BCUT2D eigenvalue weighted by molar-refractivity contribution is -0.113. The Morgan fingerprint density at radius 1 is 0.944 bits per heavy atom. The molecule has 0 saturated carbocycles. The third kappa shape index (κ3) is 10.8. The van der Waals surface area contributed by atoms with Gasteiger partial charge in [-0.25, -0.2) is 0 Å². The topological polar surface area (TPSA) is 26.3 Å². The first-order chi connectivity index (χ1) is 8.74. The highest BCUT2D eigenvalue weighted by atomic mass is 16.5. The van der Waals surface area contributed by atoms with Crippen molar-refractivity contribution in [2.75, 3.05) is 6.61 Å². The maximum atomic E-state index is 10.6. The summed E-state index contributed by atoms with van der Waals surface area (Å²) in [7, 11) is 0. The van der Waals surface area contributed by atoms with Crippen LogP contribution < -0.4 is 0 Å². The van der Waals surface area contributed by atoms with Gasteiger partial charge in [-0.1, -0.05) is 65.7 Å². The van der Waals surface area contributed by atoms with Gasteiger partial charge in [0, 0.05) is 5.92 Å². The Hall–Kier alpha value is -0.370. The molecular weight excluding hydrogens is 224 g/mol. The molecule has 0 aliphatic heterocycles. The fraction of sp³-hybridized carbons (Fsp3) is 0.938. The van der Waals surface area contributed by atoms with Crippen molar-refractivity contribution in [1.82, 2.24) is 0 Å². The Kier molecular flexibility index (Phi) is 12.8. The van der Waals surface area contributed by atoms with E-state index in [9.17, 15) is 4.79 Å². The van der Waals surface area contributed by atoms with Gasteiger partial charge >= 0.3 is 0 Å². The second-order valence-corrected chi connectivity index (χ2v) is 5.41. The molecule has 0 aliphatic rings. The van der Waals surface area contributed by atoms with E-state index >= 15 is 0 Å². The molecule has 0 N–H and O–H groups in total. The van der Waals surface area contributed by atoms with Crippen molar-refractivity contribution in [2.24, 2.45) is 5.92 Å². The molecule has 0 amide bonds. The van der Waals surface area contributed by atoms with Crippen LogP contribution in [0.15, 0.2) is 0 Å². The van der Waals surface area contributed by atoms with Crippen molar-refractivity contribution < 1.29 is 9.53 Å². The standard InChI is InChI=1S/C16H32O2/c1-4-6-8-9-10-12-16(11-7-5-2)18-14-15(3)13-17/h13,15-16H,4-12,14H2,1-3H3. The van der Waals surface area contributed by atoms with Gasteiger partial charge in [0.25, 0.3) is 0 Å². The van der Waals surface area contributed by atoms with Crippen molar-refractivity contribution in [3.63, 3.8) is 0 Å². The van der Waals surface area contributed by atoms with E-state index in [0.717, 1.165) is 19.1 Å². The monoisotopic (exact) mass is 256 g/mol. The Morgan fingerprint density at radius 3 is 2.17 bits per heavy atom. The van der Waals surface area contributed by atoms with Crippen LogP contribution in [-0.4, -0.2) is 19.0 Å². The van der Waals surface area contributed by atoms with E-state index in [0.29, 0.717) is 12.7 Å². The van der Waals surface area contributed by atoms with Gasteiger partial charge in [0.2, 0.25) is 0 Å². The van der Waals surface area contributed by atoms with Crippen LogP contribution in [0.2, 0.25) is 0 Å². The van der Waals surface area contributed by atoms with Gasteiger partial charge in [0.1, 0.15) is 6.29 Å². The molecule has 0 bridgehead atoms. The number of unbranched alkanes of at least 4 members (excludes halogenated alkanes) is 5. The zero-order valence-corrected chi connectivity index (χ0v) is 12.6. The average molecular weight is 256 g/mol. The van der Waals surface area contributed by atoms with Crippen molar-refractivity contribution in [2.45, 2.75) is 84.7 Å². The van der Waals surface area contributed by atoms with Crippen molar-refractivity contribution in [3.05, 3.63) is 0 Å². The fourth-order valence-electron chi connectivity index (χ4n) is 2.05. The third-order valence-electron chi connectivity index (χ3n) is 3.34. The molecule has 18 heavy (non-hydrogen) atoms. The largest absolute Gasteiger partial charge is 0.377 e. The number of ether oxygens (including phenoxy) is 1. The van der Waals surface area contributed by atoms with E-state index in [1.54, 1.807) is 0 Å². The summed E-state index contributed by atoms with van der Waals surface area (Å²) >= 11 is 0. The van der Waals surface area contributed by atoms with Gasteiger partial charge in [-0.15, -0.1) is 0 Å². The van der Waals surface area contributed by atoms with E-state index in [2.05, 4.69) is 13.8 Å². The van der Waals surface area contributed by atoms with Gasteiger partial charge in [-0.2, -0.15) is 0 Å². The maximum Gasteiger partial charge on any atom is 0.125 e. The van der Waals surface area contributed by atoms with E-state index in [-0.39, 0.29) is 5.92 Å². The van der Waals surface area contributed by atoms with Crippen LogP contribution in [0.5, 0.6) is 0 Å². The molecule has 0 heterocycles. The summed E-state index contributed by atoms with van der Waals surface area (Å²) in [5.41, 5.74) is 0. The second-order valence-electron chi connectivity index (χ2n) is 5.41. The minimum atomic E-state index is 0.0363. The molecule has 0 aliphatic carbocycles. The van der Waals surface area contributed by atoms with Crippen molar-refractivity contribution in [3.8, 4) is 0 Å². The molecule has 0 saturated heterocycles. The second kappa shape index (κ2) is 13.1. The summed E-state index contributed by atoms with van der Waals surface area (Å²) in [4.78, 5) is 10.6. The van der Waals surface area contributed by atoms with Crippen LogP contribution in [0.4, 0.5) is 0 Å². The molecule has 0 fully saturated rings. The minimum absolute atomic E-state index is 0.0363. The summed E-state index contributed by atoms with van der Waals surface area (Å²) < 4.78 is 5.87. The van der Waals surface area contributed by atoms with E-state index in [1.165, 1.54) is 44.9 Å². The zero-order valence-electron chi connectivity index (χ0n) is 12.6. The quantitative estimate of drug-likeness (QED) is 0.351. The van der Waals surface area contributed by atoms with Gasteiger partial charge in [-0.3, -0.25) is 0 Å². The molecular formula is C16H32O2. The van der Waals surface area contributed by atoms with Gasteiger partial charge in [0.15, 0.2) is 0 Å². The van der Waals surface area contributed by atoms with Crippen LogP contribution in [-0.2, 0) is 9.53 Å². The Labute approximate surface area is 113 Å². The van der Waals surface area contributed by atoms with Gasteiger partial charge in [-0.05, 0) is 12.8 Å². The van der Waals surface area contributed by atoms with E-state index in [4.69, 9.17) is 4.74 Å². The summed E-state index contributed by atoms with van der Waals surface area (Å²) in [6.45, 7) is 6.97. The first kappa shape index (κ1) is 17.6. The van der Waals surface area contributed by atoms with Crippen molar-refractivity contribution >= 4 is 6.29 Å². The normalized spacial score (nSPS) is 14.4. The molecule has 108 valence electrons. The molecule has 0 aromatic heterocycles. The zero-order chi connectivity index (χ0) is 13.6. The molecule has 0 spiro atoms. The van der Waals surface area contributed by atoms with Crippen LogP contribution in [0.3, 0.4) is 0 Å². The first-order valence-corrected chi connectivity index (χ1v) is 7.81. The van der Waals surface area contributed by atoms with Crippen LogP contribution in [0.25, 0.3) is 0 Å². The third-order valence-corrected chi connectivity index (χ3v) is 3.34. The summed E-state index contributed by atoms with van der Waals surface area (Å²) in [5, 5.41) is 0. The lowest BCUT2D eigenvalue weighted by Crippen LogP contribution is -2.18. The summed E-state index contributed by atoms with van der Waals surface area (Å²) in [5.74, 6) is 0.0363. The molecule has 2 unspecified atom stereocenters. The van der Waals surface area contributed by atoms with Crippen molar-refractivity contribution in [1.29, 1.82) is 0 Å². The Balaban J connectivity index is 3.72.